The summed E-state index contributed by atoms with van der Waals surface area (Å²) in [6.45, 7) is 2.67. The third-order valence-corrected chi connectivity index (χ3v) is 4.32. The van der Waals surface area contributed by atoms with Crippen LogP contribution in [0.1, 0.15) is 18.4 Å². The minimum Gasteiger partial charge on any atom is -0.416 e. The zero-order chi connectivity index (χ0) is 17.9. The molecule has 1 unspecified atom stereocenters. The fourth-order valence-electron chi connectivity index (χ4n) is 2.89. The van der Waals surface area contributed by atoms with Crippen LogP contribution in [-0.4, -0.2) is 28.8 Å². The first-order valence-corrected chi connectivity index (χ1v) is 8.62. The van der Waals surface area contributed by atoms with Gasteiger partial charge >= 0.3 is 0 Å². The molecule has 1 atom stereocenters. The van der Waals surface area contributed by atoms with Crippen LogP contribution in [0.15, 0.2) is 52.9 Å². The van der Waals surface area contributed by atoms with Gasteiger partial charge in [-0.15, -0.1) is 10.2 Å². The van der Waals surface area contributed by atoms with Crippen LogP contribution in [-0.2, 0) is 9.53 Å². The molecule has 1 aliphatic rings. The predicted octanol–water partition coefficient (Wildman–Crippen LogP) is 3.83. The second kappa shape index (κ2) is 7.09. The van der Waals surface area contributed by atoms with E-state index in [2.05, 4.69) is 15.5 Å². The van der Waals surface area contributed by atoms with E-state index in [0.717, 1.165) is 24.0 Å². The fraction of sp³-hybridized carbons (Fsp3) is 0.250. The van der Waals surface area contributed by atoms with E-state index in [0.29, 0.717) is 24.1 Å². The number of aromatic nitrogens is 2. The van der Waals surface area contributed by atoms with Crippen molar-refractivity contribution in [3.63, 3.8) is 0 Å². The molecular formula is C20H19N3O3. The van der Waals surface area contributed by atoms with Crippen LogP contribution in [0.25, 0.3) is 22.9 Å². The average molecular weight is 349 g/mol. The normalized spacial score (nSPS) is 16.6. The van der Waals surface area contributed by atoms with E-state index in [1.807, 2.05) is 55.5 Å². The molecule has 0 saturated carbocycles. The average Bonchev–Trinajstić information content (AvgIpc) is 3.35. The summed E-state index contributed by atoms with van der Waals surface area (Å²) in [5.74, 6) is 0.758. The number of amides is 1. The Morgan fingerprint density at radius 3 is 2.58 bits per heavy atom. The number of aryl methyl sites for hydroxylation is 1. The monoisotopic (exact) mass is 349 g/mol. The molecule has 132 valence electrons. The molecule has 0 bridgehead atoms. The lowest BCUT2D eigenvalue weighted by molar-refractivity contribution is -0.124. The Balaban J connectivity index is 1.53. The molecule has 2 aromatic carbocycles. The van der Waals surface area contributed by atoms with Crippen molar-refractivity contribution in [3.8, 4) is 22.9 Å². The van der Waals surface area contributed by atoms with Gasteiger partial charge in [0.1, 0.15) is 6.10 Å². The van der Waals surface area contributed by atoms with Gasteiger partial charge in [0, 0.05) is 23.4 Å². The molecule has 26 heavy (non-hydrogen) atoms. The summed E-state index contributed by atoms with van der Waals surface area (Å²) in [6, 6.07) is 15.3. The number of hydrogen-bond acceptors (Lipinski definition) is 5. The fourth-order valence-corrected chi connectivity index (χ4v) is 2.89. The summed E-state index contributed by atoms with van der Waals surface area (Å²) >= 11 is 0. The minimum atomic E-state index is -0.366. The summed E-state index contributed by atoms with van der Waals surface area (Å²) in [4.78, 5) is 12.2. The number of nitrogens with one attached hydrogen (secondary N) is 1. The molecule has 0 aliphatic carbocycles. The highest BCUT2D eigenvalue weighted by Gasteiger charge is 2.23. The lowest BCUT2D eigenvalue weighted by atomic mass is 10.1. The maximum atomic E-state index is 12.2. The van der Waals surface area contributed by atoms with Crippen LogP contribution >= 0.6 is 0 Å². The zero-order valence-corrected chi connectivity index (χ0v) is 14.4. The van der Waals surface area contributed by atoms with Crippen molar-refractivity contribution >= 4 is 11.6 Å². The van der Waals surface area contributed by atoms with Crippen LogP contribution in [0.3, 0.4) is 0 Å². The highest BCUT2D eigenvalue weighted by Crippen LogP contribution is 2.26. The maximum absolute atomic E-state index is 12.2. The Morgan fingerprint density at radius 1 is 1.08 bits per heavy atom. The van der Waals surface area contributed by atoms with E-state index < -0.39 is 0 Å². The van der Waals surface area contributed by atoms with E-state index in [-0.39, 0.29) is 12.0 Å². The highest BCUT2D eigenvalue weighted by atomic mass is 16.5. The van der Waals surface area contributed by atoms with Crippen molar-refractivity contribution in [3.05, 3.63) is 54.1 Å². The number of nitrogens with zero attached hydrogens (tertiary/aromatic N) is 2. The second-order valence-electron chi connectivity index (χ2n) is 6.35. The van der Waals surface area contributed by atoms with Crippen molar-refractivity contribution in [2.45, 2.75) is 25.9 Å². The van der Waals surface area contributed by atoms with Crippen molar-refractivity contribution in [2.75, 3.05) is 11.9 Å². The van der Waals surface area contributed by atoms with Crippen molar-refractivity contribution in [1.82, 2.24) is 10.2 Å². The van der Waals surface area contributed by atoms with Crippen LogP contribution in [0, 0.1) is 6.92 Å². The molecular weight excluding hydrogens is 330 g/mol. The number of carbonyl (C=O) groups is 1. The van der Waals surface area contributed by atoms with E-state index >= 15 is 0 Å². The molecule has 2 heterocycles. The van der Waals surface area contributed by atoms with Gasteiger partial charge < -0.3 is 14.5 Å². The lowest BCUT2D eigenvalue weighted by Crippen LogP contribution is -2.26. The summed E-state index contributed by atoms with van der Waals surface area (Å²) < 4.78 is 11.2. The topological polar surface area (TPSA) is 77.2 Å². The lowest BCUT2D eigenvalue weighted by Gasteiger charge is -2.10. The van der Waals surface area contributed by atoms with Gasteiger partial charge in [0.2, 0.25) is 11.8 Å². The van der Waals surface area contributed by atoms with Crippen LogP contribution in [0.2, 0.25) is 0 Å². The first kappa shape index (κ1) is 16.5. The SMILES string of the molecule is Cc1ccc(-c2nnc(-c3cccc(NC(=O)C4CCCO4)c3)o2)cc1. The molecule has 0 spiro atoms. The molecule has 1 aromatic heterocycles. The number of carbonyl (C=O) groups excluding carboxylic acids is 1. The van der Waals surface area contributed by atoms with Crippen molar-refractivity contribution < 1.29 is 13.9 Å². The quantitative estimate of drug-likeness (QED) is 0.774. The molecule has 1 saturated heterocycles. The van der Waals surface area contributed by atoms with Gasteiger partial charge in [-0.1, -0.05) is 23.8 Å². The largest absolute Gasteiger partial charge is 0.416 e. The molecule has 6 nitrogen and oxygen atoms in total. The van der Waals surface area contributed by atoms with Crippen LogP contribution in [0.4, 0.5) is 5.69 Å². The van der Waals surface area contributed by atoms with Crippen molar-refractivity contribution in [1.29, 1.82) is 0 Å². The Bertz CT molecular complexity index is 912. The zero-order valence-electron chi connectivity index (χ0n) is 14.4. The van der Waals surface area contributed by atoms with E-state index in [1.165, 1.54) is 5.56 Å². The maximum Gasteiger partial charge on any atom is 0.253 e. The van der Waals surface area contributed by atoms with Gasteiger partial charge in [-0.2, -0.15) is 0 Å². The number of benzene rings is 2. The first-order valence-electron chi connectivity index (χ1n) is 8.62. The van der Waals surface area contributed by atoms with E-state index in [1.54, 1.807) is 0 Å². The third kappa shape index (κ3) is 3.50. The Kier molecular flexibility index (Phi) is 4.50. The standard InChI is InChI=1S/C20H19N3O3/c1-13-7-9-14(10-8-13)19-22-23-20(26-19)15-4-2-5-16(12-15)21-18(24)17-6-3-11-25-17/h2,4-5,7-10,12,17H,3,6,11H2,1H3,(H,21,24). The van der Waals surface area contributed by atoms with Gasteiger partial charge in [0.05, 0.1) is 0 Å². The van der Waals surface area contributed by atoms with E-state index in [4.69, 9.17) is 9.15 Å². The van der Waals surface area contributed by atoms with Gasteiger partial charge in [0.15, 0.2) is 0 Å². The van der Waals surface area contributed by atoms with Crippen molar-refractivity contribution in [2.24, 2.45) is 0 Å². The van der Waals surface area contributed by atoms with Gasteiger partial charge in [0.25, 0.3) is 5.91 Å². The van der Waals surface area contributed by atoms with Crippen LogP contribution in [0.5, 0.6) is 0 Å². The Labute approximate surface area is 151 Å². The summed E-state index contributed by atoms with van der Waals surface area (Å²) in [6.07, 6.45) is 1.31. The molecule has 4 rings (SSSR count). The number of hydrogen-bond donors (Lipinski definition) is 1. The summed E-state index contributed by atoms with van der Waals surface area (Å²) in [5.41, 5.74) is 3.47. The molecule has 6 heteroatoms. The van der Waals surface area contributed by atoms with Gasteiger partial charge in [-0.05, 0) is 50.1 Å². The highest BCUT2D eigenvalue weighted by molar-refractivity contribution is 5.94. The Hall–Kier alpha value is -2.99. The number of anilines is 1. The number of rotatable bonds is 4. The predicted molar refractivity (Wildman–Crippen MR) is 97.5 cm³/mol. The van der Waals surface area contributed by atoms with Gasteiger partial charge in [-0.25, -0.2) is 0 Å². The van der Waals surface area contributed by atoms with E-state index in [9.17, 15) is 4.79 Å². The minimum absolute atomic E-state index is 0.120. The first-order chi connectivity index (χ1) is 12.7. The number of ether oxygens (including phenoxy) is 1. The molecule has 0 radical (unpaired) electrons. The molecule has 1 amide bonds. The third-order valence-electron chi connectivity index (χ3n) is 4.32. The molecule has 1 aliphatic heterocycles. The Morgan fingerprint density at radius 2 is 1.85 bits per heavy atom. The smallest absolute Gasteiger partial charge is 0.253 e. The molecule has 1 N–H and O–H groups in total. The van der Waals surface area contributed by atoms with Gasteiger partial charge in [-0.3, -0.25) is 4.79 Å². The second-order valence-corrected chi connectivity index (χ2v) is 6.35. The molecule has 1 fully saturated rings. The summed E-state index contributed by atoms with van der Waals surface area (Å²) in [7, 11) is 0. The van der Waals surface area contributed by atoms with Crippen LogP contribution < -0.4 is 5.32 Å². The molecule has 3 aromatic rings. The summed E-state index contributed by atoms with van der Waals surface area (Å²) in [5, 5.41) is 11.1.